The fraction of sp³-hybridized carbons (Fsp3) is 0.188. The van der Waals surface area contributed by atoms with Crippen molar-refractivity contribution in [1.82, 2.24) is 0 Å². The zero-order chi connectivity index (χ0) is 96.0. The fourth-order valence-electron chi connectivity index (χ4n) is 15.4. The Balaban J connectivity index is 0.000000189. The molecule has 698 valence electrons. The second-order valence-corrected chi connectivity index (χ2v) is 35.3. The van der Waals surface area contributed by atoms with Crippen molar-refractivity contribution in [2.75, 3.05) is 54.6 Å². The molecule has 0 radical (unpaired) electrons. The molecule has 0 saturated carbocycles. The van der Waals surface area contributed by atoms with Gasteiger partial charge in [-0.25, -0.2) is 13.7 Å². The molecule has 37 heteroatoms. The molecule has 0 bridgehead atoms. The number of ether oxygens (including phenoxy) is 4. The zero-order valence-electron chi connectivity index (χ0n) is 70.8. The number of rotatable bonds is 17. The van der Waals surface area contributed by atoms with Gasteiger partial charge in [0.1, 0.15) is 11.6 Å². The number of fused-ring (bicyclic) bond motifs is 4. The molecule has 8 atom stereocenters. The SMILES string of the molecule is CCOO.COC1C(=O)N(Cc2ccc(Br)cc2)c2ccc(Cl)cc2C1(O)c1ccccc1.COC1C(=O)N(Cc2ccc(Br)cc2F)c2ccc(Cl)cc2C1(O)c1ccccc1.COC1C(=O)N(Cc2ccc(Cl)cc2)c2ccccc2C1(O)c1ccc(Br)cc1.COC1C(=O)N(Cc2ccccc2I)c2ccccc2C1(O)c1ccc(F)cc1.Cl.O=S(=O)(O)O.OOC#COO. The topological polar surface area (TPSA) is 362 Å². The van der Waals surface area contributed by atoms with Crippen molar-refractivity contribution in [2.24, 2.45) is 0 Å². The molecule has 0 saturated heterocycles. The van der Waals surface area contributed by atoms with Gasteiger partial charge in [-0.2, -0.15) is 18.9 Å². The van der Waals surface area contributed by atoms with E-state index in [1.165, 1.54) is 75.9 Å². The lowest BCUT2D eigenvalue weighted by atomic mass is 9.77. The second-order valence-electron chi connectivity index (χ2n) is 29.2. The number of nitrogens with zero attached hydrogens (tertiary/aromatic N) is 4. The first kappa shape index (κ1) is 107. The summed E-state index contributed by atoms with van der Waals surface area (Å²) in [6.45, 7) is 3.13. The lowest BCUT2D eigenvalue weighted by molar-refractivity contribution is -0.237. The van der Waals surface area contributed by atoms with E-state index < -0.39 is 74.8 Å². The molecule has 0 aliphatic carbocycles. The van der Waals surface area contributed by atoms with Crippen molar-refractivity contribution in [1.29, 1.82) is 0 Å². The van der Waals surface area contributed by atoms with E-state index >= 15 is 0 Å². The van der Waals surface area contributed by atoms with Crippen LogP contribution >= 0.6 is 118 Å². The van der Waals surface area contributed by atoms with Gasteiger partial charge in [0.2, 0.25) is 12.2 Å². The largest absolute Gasteiger partial charge is 0.394 e. The lowest BCUT2D eigenvalue weighted by Crippen LogP contribution is -2.57. The van der Waals surface area contributed by atoms with E-state index in [0.717, 1.165) is 29.2 Å². The highest BCUT2D eigenvalue weighted by Gasteiger charge is 2.57. The van der Waals surface area contributed by atoms with Crippen LogP contribution in [-0.4, -0.2) is 137 Å². The predicted molar refractivity (Wildman–Crippen MR) is 519 cm³/mol. The van der Waals surface area contributed by atoms with Crippen LogP contribution < -0.4 is 19.6 Å². The maximum atomic E-state index is 14.5. The van der Waals surface area contributed by atoms with E-state index in [4.69, 9.17) is 87.0 Å². The van der Waals surface area contributed by atoms with E-state index in [0.29, 0.717) is 119 Å². The van der Waals surface area contributed by atoms with Crippen LogP contribution in [0.2, 0.25) is 15.1 Å². The lowest BCUT2D eigenvalue weighted by Gasteiger charge is -2.44. The molecule has 4 heterocycles. The van der Waals surface area contributed by atoms with Crippen molar-refractivity contribution in [2.45, 2.75) is 79.9 Å². The molecule has 9 N–H and O–H groups in total. The van der Waals surface area contributed by atoms with Crippen molar-refractivity contribution in [3.05, 3.63) is 396 Å². The Morgan fingerprint density at radius 1 is 0.391 bits per heavy atom. The summed E-state index contributed by atoms with van der Waals surface area (Å²) < 4.78 is 85.2. The Morgan fingerprint density at radius 3 is 1.06 bits per heavy atom. The molecule has 133 heavy (non-hydrogen) atoms. The highest BCUT2D eigenvalue weighted by molar-refractivity contribution is 14.1. The quantitative estimate of drug-likeness (QED) is 0.0134. The maximum absolute atomic E-state index is 14.5. The molecule has 4 aliphatic rings. The molecular formula is C96H86Br3Cl4F2IN4O22S. The number of methoxy groups -OCH3 is 4. The monoisotopic (exact) mass is 2220 g/mol. The minimum atomic E-state index is -4.67. The van der Waals surface area contributed by atoms with Crippen molar-refractivity contribution < 1.29 is 115 Å². The fourth-order valence-corrected chi connectivity index (χ4v) is 17.3. The molecule has 16 rings (SSSR count). The Bertz CT molecular complexity index is 6170. The molecule has 12 aromatic rings. The first-order valence-electron chi connectivity index (χ1n) is 39.5. The van der Waals surface area contributed by atoms with Gasteiger partial charge in [-0.1, -0.05) is 252 Å². The minimum Gasteiger partial charge on any atom is -0.377 e. The van der Waals surface area contributed by atoms with E-state index in [9.17, 15) is 48.4 Å². The summed E-state index contributed by atoms with van der Waals surface area (Å²) in [5.74, 6) is -2.28. The average Bonchev–Trinajstić information content (AvgIpc) is 0.738. The standard InChI is InChI=1S/C23H18BrClFNO3.2C23H19BrClNO3.C23H19FINO3.C2H2O4.C2H6O2.ClH.H2O4S/c1-30-21-22(28)27(13-14-7-8-16(24)11-19(14)26)20-10-9-17(25)12-18(20)23(21,29)15-5-3-2-4-6-15;1-29-21-22(27)26(14-15-6-12-18(25)13-7-15)20-5-3-2-4-19(20)23(21,28)16-8-10-17(24)11-9-16;1-29-21-22(27)26(14-15-7-9-17(24)10-8-15)20-12-11-18(25)13-19(20)23(21,28)16-5-3-2-4-6-16;1-29-21-22(27)26(14-15-6-2-4-8-19(15)25)20-9-5-3-7-18(20)23(21,28)16-10-12-17(24)13-11-16;3-5-1-2-6-4;1-2-4-3;;1-5(2,3)4/h2-12,21,29H,13H2,1H3;3*2-13,21,28H,14H2,1H3;3-4H;3H,2H2,1H3;1H;(H2,1,2,3,4). The van der Waals surface area contributed by atoms with Crippen LogP contribution in [0.4, 0.5) is 31.5 Å². The molecule has 4 amide bonds. The van der Waals surface area contributed by atoms with E-state index in [1.54, 1.807) is 143 Å². The normalized spacial score (nSPS) is 19.5. The molecular weight excluding hydrogens is 2140 g/mol. The number of halogens is 10. The number of hydrogen-bond acceptors (Lipinski definition) is 20. The van der Waals surface area contributed by atoms with Gasteiger partial charge in [-0.3, -0.25) is 43.3 Å². The molecule has 0 spiro atoms. The Hall–Kier alpha value is -9.74. The van der Waals surface area contributed by atoms with Gasteiger partial charge in [0, 0.05) is 88.3 Å². The summed E-state index contributed by atoms with van der Waals surface area (Å²) in [4.78, 5) is 70.0. The van der Waals surface area contributed by atoms with E-state index in [1.807, 2.05) is 133 Å². The van der Waals surface area contributed by atoms with Crippen molar-refractivity contribution in [3.63, 3.8) is 0 Å². The van der Waals surface area contributed by atoms with Gasteiger partial charge in [0.05, 0.1) is 55.5 Å². The highest BCUT2D eigenvalue weighted by atomic mass is 127. The number of benzene rings is 12. The zero-order valence-corrected chi connectivity index (χ0v) is 81.6. The van der Waals surface area contributed by atoms with Crippen molar-refractivity contribution in [3.8, 4) is 12.2 Å². The average molecular weight is 2230 g/mol. The Kier molecular flexibility index (Phi) is 39.1. The third-order valence-electron chi connectivity index (χ3n) is 21.3. The number of para-hydroxylation sites is 2. The predicted octanol–water partition coefficient (Wildman–Crippen LogP) is 19.2. The van der Waals surface area contributed by atoms with Gasteiger partial charge in [0.15, 0.2) is 46.8 Å². The van der Waals surface area contributed by atoms with Gasteiger partial charge in [-0.15, -0.1) is 12.4 Å². The highest BCUT2D eigenvalue weighted by Crippen LogP contribution is 2.51. The number of carbonyl (C=O) groups is 4. The van der Waals surface area contributed by atoms with Crippen LogP contribution in [0.5, 0.6) is 0 Å². The molecule has 8 unspecified atom stereocenters. The number of anilines is 4. The molecule has 26 nitrogen and oxygen atoms in total. The van der Waals surface area contributed by atoms with E-state index in [2.05, 4.69) is 85.0 Å². The summed E-state index contributed by atoms with van der Waals surface area (Å²) >= 11 is 30.9. The number of aliphatic hydroxyl groups is 4. The van der Waals surface area contributed by atoms with Crippen LogP contribution in [0.15, 0.2) is 299 Å². The third kappa shape index (κ3) is 24.9. The summed E-state index contributed by atoms with van der Waals surface area (Å²) in [5, 5.41) is 70.8. The number of hydrogen-bond donors (Lipinski definition) is 9. The number of carbonyl (C=O) groups excluding carboxylic acids is 4. The van der Waals surface area contributed by atoms with Gasteiger partial charge in [-0.05, 0) is 184 Å². The Morgan fingerprint density at radius 2 is 0.692 bits per heavy atom. The number of amides is 4. The van der Waals surface area contributed by atoms with Crippen LogP contribution in [0.25, 0.3) is 0 Å². The van der Waals surface area contributed by atoms with Crippen LogP contribution in [-0.2, 0) is 112 Å². The van der Waals surface area contributed by atoms with Crippen LogP contribution in [0, 0.1) is 27.4 Å². The summed E-state index contributed by atoms with van der Waals surface area (Å²) in [6.07, 6.45) is -1.52. The maximum Gasteiger partial charge on any atom is 0.394 e. The Labute approximate surface area is 825 Å². The second kappa shape index (κ2) is 48.6. The third-order valence-corrected chi connectivity index (χ3v) is 24.7. The summed E-state index contributed by atoms with van der Waals surface area (Å²) in [5.41, 5.74) is 3.06. The minimum absolute atomic E-state index is 0. The van der Waals surface area contributed by atoms with Gasteiger partial charge < -0.3 is 59.0 Å². The molecule has 12 aromatic carbocycles. The van der Waals surface area contributed by atoms with Crippen molar-refractivity contribution >= 4 is 174 Å². The molecule has 0 fully saturated rings. The first-order valence-corrected chi connectivity index (χ1v) is 45.5. The van der Waals surface area contributed by atoms with Crippen LogP contribution in [0.3, 0.4) is 0 Å². The van der Waals surface area contributed by atoms with Gasteiger partial charge in [0.25, 0.3) is 23.6 Å². The molecule has 4 aliphatic heterocycles. The van der Waals surface area contributed by atoms with E-state index in [-0.39, 0.29) is 36.7 Å². The van der Waals surface area contributed by atoms with Crippen LogP contribution in [0.1, 0.15) is 73.7 Å². The van der Waals surface area contributed by atoms with Gasteiger partial charge >= 0.3 is 10.4 Å². The smallest absolute Gasteiger partial charge is 0.377 e. The first-order chi connectivity index (χ1) is 63.0. The summed E-state index contributed by atoms with van der Waals surface area (Å²) in [7, 11) is 0.977. The molecule has 0 aromatic heterocycles. The summed E-state index contributed by atoms with van der Waals surface area (Å²) in [6, 6.07) is 83.1.